The van der Waals surface area contributed by atoms with E-state index >= 15 is 0 Å². The van der Waals surface area contributed by atoms with Gasteiger partial charge in [0.2, 0.25) is 11.9 Å². The van der Waals surface area contributed by atoms with E-state index in [1.54, 1.807) is 0 Å². The zero-order valence-electron chi connectivity index (χ0n) is 17.7. The minimum atomic E-state index is -0.196. The first-order valence-corrected chi connectivity index (χ1v) is 11.1. The summed E-state index contributed by atoms with van der Waals surface area (Å²) < 4.78 is 1.93. The van der Waals surface area contributed by atoms with Crippen molar-refractivity contribution in [2.45, 2.75) is 26.7 Å². The molecule has 3 aromatic heterocycles. The quantitative estimate of drug-likeness (QED) is 0.418. The third-order valence-corrected chi connectivity index (χ3v) is 6.60. The predicted octanol–water partition coefficient (Wildman–Crippen LogP) is 4.51. The van der Waals surface area contributed by atoms with Gasteiger partial charge in [-0.1, -0.05) is 30.3 Å². The molecule has 0 aliphatic heterocycles. The van der Waals surface area contributed by atoms with E-state index in [9.17, 15) is 9.59 Å². The lowest BCUT2D eigenvalue weighted by atomic mass is 10.2. The number of H-pyrrole nitrogens is 1. The average molecular weight is 444 g/mol. The number of rotatable bonds is 5. The molecule has 0 fully saturated rings. The molecule has 2 aromatic carbocycles. The van der Waals surface area contributed by atoms with Crippen molar-refractivity contribution in [1.29, 1.82) is 0 Å². The van der Waals surface area contributed by atoms with Crippen molar-refractivity contribution < 1.29 is 4.79 Å². The van der Waals surface area contributed by atoms with Crippen LogP contribution in [0.1, 0.15) is 22.7 Å². The van der Waals surface area contributed by atoms with Gasteiger partial charge in [0.1, 0.15) is 10.7 Å². The zero-order chi connectivity index (χ0) is 22.2. The van der Waals surface area contributed by atoms with Gasteiger partial charge in [-0.25, -0.2) is 9.97 Å². The lowest BCUT2D eigenvalue weighted by molar-refractivity contribution is -0.116. The van der Waals surface area contributed by atoms with Crippen LogP contribution in [-0.4, -0.2) is 25.4 Å². The highest BCUT2D eigenvalue weighted by Gasteiger charge is 2.16. The highest BCUT2D eigenvalue weighted by molar-refractivity contribution is 7.18. The summed E-state index contributed by atoms with van der Waals surface area (Å²) in [6.45, 7) is 3.91. The molecule has 5 rings (SSSR count). The van der Waals surface area contributed by atoms with Crippen LogP contribution in [0.25, 0.3) is 26.9 Å². The number of amides is 1. The maximum atomic E-state index is 12.8. The van der Waals surface area contributed by atoms with Crippen molar-refractivity contribution in [3.63, 3.8) is 0 Å². The van der Waals surface area contributed by atoms with Crippen LogP contribution in [0.5, 0.6) is 0 Å². The first kappa shape index (κ1) is 20.1. The Morgan fingerprint density at radius 1 is 1.06 bits per heavy atom. The van der Waals surface area contributed by atoms with Crippen molar-refractivity contribution in [3.8, 4) is 5.69 Å². The minimum absolute atomic E-state index is 0.155. The van der Waals surface area contributed by atoms with Gasteiger partial charge in [0.15, 0.2) is 0 Å². The molecular weight excluding hydrogens is 422 g/mol. The third-order valence-electron chi connectivity index (χ3n) is 5.50. The summed E-state index contributed by atoms with van der Waals surface area (Å²) in [5.41, 5.74) is 3.43. The first-order chi connectivity index (χ1) is 15.5. The van der Waals surface area contributed by atoms with Gasteiger partial charge < -0.3 is 4.98 Å². The molecule has 0 saturated heterocycles. The monoisotopic (exact) mass is 443 g/mol. The molecule has 8 heteroatoms. The van der Waals surface area contributed by atoms with Gasteiger partial charge in [-0.15, -0.1) is 11.3 Å². The van der Waals surface area contributed by atoms with Gasteiger partial charge in [0, 0.05) is 23.4 Å². The van der Waals surface area contributed by atoms with Gasteiger partial charge in [0.25, 0.3) is 5.56 Å². The minimum Gasteiger partial charge on any atom is -0.310 e. The fourth-order valence-electron chi connectivity index (χ4n) is 3.79. The van der Waals surface area contributed by atoms with Crippen molar-refractivity contribution in [2.24, 2.45) is 0 Å². The highest BCUT2D eigenvalue weighted by Crippen LogP contribution is 2.26. The Morgan fingerprint density at radius 2 is 1.81 bits per heavy atom. The maximum Gasteiger partial charge on any atom is 0.259 e. The predicted molar refractivity (Wildman–Crippen MR) is 128 cm³/mol. The number of nitrogens with zero attached hydrogens (tertiary/aromatic N) is 3. The van der Waals surface area contributed by atoms with Crippen LogP contribution in [0.4, 0.5) is 5.95 Å². The van der Waals surface area contributed by atoms with Gasteiger partial charge in [-0.05, 0) is 43.7 Å². The summed E-state index contributed by atoms with van der Waals surface area (Å²) in [4.78, 5) is 39.0. The second-order valence-electron chi connectivity index (χ2n) is 7.62. The molecule has 0 saturated carbocycles. The largest absolute Gasteiger partial charge is 0.310 e. The summed E-state index contributed by atoms with van der Waals surface area (Å²) in [7, 11) is 0. The van der Waals surface area contributed by atoms with E-state index in [-0.39, 0.29) is 17.9 Å². The van der Waals surface area contributed by atoms with Crippen molar-refractivity contribution in [2.75, 3.05) is 5.32 Å². The van der Waals surface area contributed by atoms with Crippen LogP contribution in [0.15, 0.2) is 59.4 Å². The number of hydrogen-bond acceptors (Lipinski definition) is 5. The maximum absolute atomic E-state index is 12.8. The molecule has 0 unspecified atom stereocenters. The summed E-state index contributed by atoms with van der Waals surface area (Å²) in [6.07, 6.45) is 0.508. The normalized spacial score (nSPS) is 11.3. The SMILES string of the molecule is Cc1sc2nc(CCC(=O)Nc3nc4ccccc4n3-c3ccccc3)[nH]c(=O)c2c1C. The molecule has 0 aliphatic rings. The fourth-order valence-corrected chi connectivity index (χ4v) is 4.83. The first-order valence-electron chi connectivity index (χ1n) is 10.3. The lowest BCUT2D eigenvalue weighted by Crippen LogP contribution is -2.18. The van der Waals surface area contributed by atoms with Crippen LogP contribution >= 0.6 is 11.3 Å². The van der Waals surface area contributed by atoms with Gasteiger partial charge >= 0.3 is 0 Å². The van der Waals surface area contributed by atoms with Crippen LogP contribution in [0.3, 0.4) is 0 Å². The molecule has 7 nitrogen and oxygen atoms in total. The topological polar surface area (TPSA) is 92.7 Å². The van der Waals surface area contributed by atoms with Crippen LogP contribution in [0, 0.1) is 13.8 Å². The summed E-state index contributed by atoms with van der Waals surface area (Å²) in [5, 5.41) is 3.57. The van der Waals surface area contributed by atoms with E-state index in [0.29, 0.717) is 28.4 Å². The van der Waals surface area contributed by atoms with Crippen molar-refractivity contribution >= 4 is 44.4 Å². The number of anilines is 1. The average Bonchev–Trinajstić information content (AvgIpc) is 3.29. The number of aryl methyl sites for hydroxylation is 3. The third kappa shape index (κ3) is 3.58. The number of aromatic nitrogens is 4. The number of imidazole rings is 1. The molecule has 2 N–H and O–H groups in total. The molecule has 3 heterocycles. The number of fused-ring (bicyclic) bond motifs is 2. The second kappa shape index (κ2) is 8.05. The molecule has 0 atom stereocenters. The number of para-hydroxylation sites is 3. The van der Waals surface area contributed by atoms with E-state index in [0.717, 1.165) is 27.2 Å². The fraction of sp³-hybridized carbons (Fsp3) is 0.167. The molecule has 0 spiro atoms. The van der Waals surface area contributed by atoms with Gasteiger partial charge in [-0.2, -0.15) is 0 Å². The van der Waals surface area contributed by atoms with E-state index in [2.05, 4.69) is 20.3 Å². The smallest absolute Gasteiger partial charge is 0.259 e. The number of carbonyl (C=O) groups excluding carboxylic acids is 1. The summed E-state index contributed by atoms with van der Waals surface area (Å²) in [5.74, 6) is 0.776. The standard InChI is InChI=1S/C24H21N5O2S/c1-14-15(2)32-23-21(14)22(31)26-19(27-23)12-13-20(30)28-24-25-17-10-6-7-11-18(17)29(24)16-8-4-3-5-9-16/h3-11H,12-13H2,1-2H3,(H,25,28,30)(H,26,27,31). The second-order valence-corrected chi connectivity index (χ2v) is 8.82. The van der Waals surface area contributed by atoms with Crippen LogP contribution in [-0.2, 0) is 11.2 Å². The van der Waals surface area contributed by atoms with Crippen LogP contribution < -0.4 is 10.9 Å². The number of nitrogens with one attached hydrogen (secondary N) is 2. The Kier molecular flexibility index (Phi) is 5.07. The number of hydrogen-bond donors (Lipinski definition) is 2. The molecule has 0 bridgehead atoms. The Morgan fingerprint density at radius 3 is 2.62 bits per heavy atom. The molecular formula is C24H21N5O2S. The molecule has 160 valence electrons. The van der Waals surface area contributed by atoms with E-state index < -0.39 is 0 Å². The number of thiophene rings is 1. The highest BCUT2D eigenvalue weighted by atomic mass is 32.1. The Hall–Kier alpha value is -3.78. The zero-order valence-corrected chi connectivity index (χ0v) is 18.5. The molecule has 5 aromatic rings. The van der Waals surface area contributed by atoms with E-state index in [4.69, 9.17) is 0 Å². The lowest BCUT2D eigenvalue weighted by Gasteiger charge is -2.10. The molecule has 1 amide bonds. The van der Waals surface area contributed by atoms with Crippen molar-refractivity contribution in [1.82, 2.24) is 19.5 Å². The van der Waals surface area contributed by atoms with Crippen LogP contribution in [0.2, 0.25) is 0 Å². The van der Waals surface area contributed by atoms with E-state index in [1.807, 2.05) is 73.0 Å². The van der Waals surface area contributed by atoms with E-state index in [1.165, 1.54) is 11.3 Å². The van der Waals surface area contributed by atoms with Gasteiger partial charge in [-0.3, -0.25) is 19.5 Å². The molecule has 32 heavy (non-hydrogen) atoms. The molecule has 0 aliphatic carbocycles. The Labute approximate surface area is 187 Å². The van der Waals surface area contributed by atoms with Crippen molar-refractivity contribution in [3.05, 3.63) is 81.2 Å². The number of carbonyl (C=O) groups is 1. The summed E-state index contributed by atoms with van der Waals surface area (Å²) in [6, 6.07) is 17.5. The number of aromatic amines is 1. The number of benzene rings is 2. The summed E-state index contributed by atoms with van der Waals surface area (Å²) >= 11 is 1.50. The van der Waals surface area contributed by atoms with Gasteiger partial charge in [0.05, 0.1) is 16.4 Å². The Balaban J connectivity index is 1.39. The Bertz CT molecular complexity index is 1510. The molecule has 0 radical (unpaired) electrons.